The Hall–Kier alpha value is -1.46. The fourth-order valence-corrected chi connectivity index (χ4v) is 4.01. The molecule has 5 nitrogen and oxygen atoms in total. The van der Waals surface area contributed by atoms with Crippen LogP contribution in [0.4, 0.5) is 0 Å². The number of nitrogens with zero attached hydrogens (tertiary/aromatic N) is 4. The van der Waals surface area contributed by atoms with E-state index in [4.69, 9.17) is 9.72 Å². The molecule has 0 bridgehead atoms. The second-order valence-electron chi connectivity index (χ2n) is 7.19. The molecule has 2 aliphatic rings. The van der Waals surface area contributed by atoms with Crippen molar-refractivity contribution in [1.29, 1.82) is 0 Å². The van der Waals surface area contributed by atoms with Gasteiger partial charge in [0.25, 0.3) is 0 Å². The van der Waals surface area contributed by atoms with Gasteiger partial charge in [-0.05, 0) is 50.9 Å². The number of hydrogen-bond acceptors (Lipinski definition) is 4. The van der Waals surface area contributed by atoms with Crippen LogP contribution in [0.3, 0.4) is 0 Å². The molecule has 23 heavy (non-hydrogen) atoms. The van der Waals surface area contributed by atoms with E-state index in [-0.39, 0.29) is 0 Å². The first-order valence-electron chi connectivity index (χ1n) is 8.86. The van der Waals surface area contributed by atoms with E-state index in [0.717, 1.165) is 43.3 Å². The molecular formula is C18H26N4O. The van der Waals surface area contributed by atoms with Crippen molar-refractivity contribution in [3.63, 3.8) is 0 Å². The quantitative estimate of drug-likeness (QED) is 0.869. The van der Waals surface area contributed by atoms with Crippen molar-refractivity contribution in [2.45, 2.75) is 32.2 Å². The van der Waals surface area contributed by atoms with Gasteiger partial charge in [0.05, 0.1) is 6.61 Å². The van der Waals surface area contributed by atoms with E-state index < -0.39 is 0 Å². The molecule has 4 heterocycles. The third kappa shape index (κ3) is 3.26. The molecule has 2 atom stereocenters. The summed E-state index contributed by atoms with van der Waals surface area (Å²) in [6.45, 7) is 5.17. The summed E-state index contributed by atoms with van der Waals surface area (Å²) in [5, 5.41) is 0. The van der Waals surface area contributed by atoms with Gasteiger partial charge in [-0.15, -0.1) is 0 Å². The number of aromatic nitrogens is 3. The Labute approximate surface area is 137 Å². The van der Waals surface area contributed by atoms with Gasteiger partial charge in [-0.2, -0.15) is 0 Å². The molecule has 2 aliphatic heterocycles. The van der Waals surface area contributed by atoms with Gasteiger partial charge in [-0.1, -0.05) is 0 Å². The van der Waals surface area contributed by atoms with Crippen LogP contribution in [0.25, 0.3) is 11.2 Å². The Morgan fingerprint density at radius 3 is 3.04 bits per heavy atom. The van der Waals surface area contributed by atoms with Crippen LogP contribution in [-0.2, 0) is 17.7 Å². The Morgan fingerprint density at radius 1 is 1.30 bits per heavy atom. The summed E-state index contributed by atoms with van der Waals surface area (Å²) in [5.41, 5.74) is 2.07. The molecule has 0 amide bonds. The molecule has 0 aromatic carbocycles. The molecule has 0 spiro atoms. The highest BCUT2D eigenvalue weighted by Crippen LogP contribution is 2.24. The van der Waals surface area contributed by atoms with E-state index in [1.54, 1.807) is 0 Å². The molecule has 2 saturated heterocycles. The van der Waals surface area contributed by atoms with Gasteiger partial charge in [-0.3, -0.25) is 0 Å². The lowest BCUT2D eigenvalue weighted by molar-refractivity contribution is 0.0484. The standard InChI is InChI=1S/C18H26N4O/c1-21-8-6-14(11-21)10-17-20-16-5-2-7-19-18(16)22(17)12-15-4-3-9-23-13-15/h2,5,7,14-15H,3-4,6,8-13H2,1H3. The zero-order chi connectivity index (χ0) is 15.6. The fraction of sp³-hybridized carbons (Fsp3) is 0.667. The molecule has 124 valence electrons. The van der Waals surface area contributed by atoms with Gasteiger partial charge in [0.15, 0.2) is 5.65 Å². The zero-order valence-corrected chi connectivity index (χ0v) is 13.9. The average Bonchev–Trinajstić information content (AvgIpc) is 3.13. The van der Waals surface area contributed by atoms with Crippen molar-refractivity contribution < 1.29 is 4.74 Å². The molecule has 0 radical (unpaired) electrons. The molecule has 2 fully saturated rings. The number of imidazole rings is 1. The van der Waals surface area contributed by atoms with E-state index in [1.165, 1.54) is 38.2 Å². The molecule has 0 saturated carbocycles. The first-order valence-corrected chi connectivity index (χ1v) is 8.86. The van der Waals surface area contributed by atoms with Crippen LogP contribution in [0, 0.1) is 11.8 Å². The highest BCUT2D eigenvalue weighted by atomic mass is 16.5. The monoisotopic (exact) mass is 314 g/mol. The van der Waals surface area contributed by atoms with Crippen molar-refractivity contribution >= 4 is 11.2 Å². The van der Waals surface area contributed by atoms with E-state index in [2.05, 4.69) is 27.6 Å². The highest BCUT2D eigenvalue weighted by molar-refractivity contribution is 5.71. The van der Waals surface area contributed by atoms with Crippen molar-refractivity contribution in [3.8, 4) is 0 Å². The number of rotatable bonds is 4. The molecule has 2 aromatic heterocycles. The van der Waals surface area contributed by atoms with Gasteiger partial charge < -0.3 is 14.2 Å². The maximum Gasteiger partial charge on any atom is 0.159 e. The minimum atomic E-state index is 0.591. The van der Waals surface area contributed by atoms with Crippen molar-refractivity contribution in [2.75, 3.05) is 33.4 Å². The normalized spacial score (nSPS) is 26.1. The summed E-state index contributed by atoms with van der Waals surface area (Å²) < 4.78 is 8.04. The SMILES string of the molecule is CN1CCC(Cc2nc3cccnc3n2CC2CCCOC2)C1. The molecule has 0 aliphatic carbocycles. The molecule has 4 rings (SSSR count). The van der Waals surface area contributed by atoms with E-state index in [0.29, 0.717) is 5.92 Å². The third-order valence-electron chi connectivity index (χ3n) is 5.24. The van der Waals surface area contributed by atoms with Gasteiger partial charge in [0, 0.05) is 38.2 Å². The molecular weight excluding hydrogens is 288 g/mol. The van der Waals surface area contributed by atoms with Crippen molar-refractivity contribution in [3.05, 3.63) is 24.2 Å². The maximum atomic E-state index is 5.67. The van der Waals surface area contributed by atoms with Crippen LogP contribution < -0.4 is 0 Å². The first kappa shape index (κ1) is 15.1. The second-order valence-corrected chi connectivity index (χ2v) is 7.19. The Balaban J connectivity index is 1.61. The van der Waals surface area contributed by atoms with E-state index in [1.807, 2.05) is 12.3 Å². The Kier molecular flexibility index (Phi) is 4.31. The van der Waals surface area contributed by atoms with E-state index in [9.17, 15) is 0 Å². The molecule has 2 aromatic rings. The number of hydrogen-bond donors (Lipinski definition) is 0. The third-order valence-corrected chi connectivity index (χ3v) is 5.24. The lowest BCUT2D eigenvalue weighted by Gasteiger charge is -2.23. The fourth-order valence-electron chi connectivity index (χ4n) is 4.01. The Bertz CT molecular complexity index is 662. The van der Waals surface area contributed by atoms with Gasteiger partial charge in [-0.25, -0.2) is 9.97 Å². The molecule has 2 unspecified atom stereocenters. The van der Waals surface area contributed by atoms with E-state index >= 15 is 0 Å². The van der Waals surface area contributed by atoms with Crippen LogP contribution in [0.1, 0.15) is 25.1 Å². The minimum Gasteiger partial charge on any atom is -0.381 e. The maximum absolute atomic E-state index is 5.67. The first-order chi connectivity index (χ1) is 11.3. The number of fused-ring (bicyclic) bond motifs is 1. The van der Waals surface area contributed by atoms with Crippen LogP contribution >= 0.6 is 0 Å². The van der Waals surface area contributed by atoms with Gasteiger partial charge >= 0.3 is 0 Å². The Morgan fingerprint density at radius 2 is 2.26 bits per heavy atom. The van der Waals surface area contributed by atoms with Gasteiger partial charge in [0.2, 0.25) is 0 Å². The summed E-state index contributed by atoms with van der Waals surface area (Å²) in [6, 6.07) is 4.07. The van der Waals surface area contributed by atoms with Crippen LogP contribution in [-0.4, -0.2) is 52.8 Å². The smallest absolute Gasteiger partial charge is 0.159 e. The van der Waals surface area contributed by atoms with Crippen molar-refractivity contribution in [2.24, 2.45) is 11.8 Å². The minimum absolute atomic E-state index is 0.591. The van der Waals surface area contributed by atoms with Crippen LogP contribution in [0.15, 0.2) is 18.3 Å². The van der Waals surface area contributed by atoms with Crippen LogP contribution in [0.2, 0.25) is 0 Å². The van der Waals surface area contributed by atoms with Crippen LogP contribution in [0.5, 0.6) is 0 Å². The van der Waals surface area contributed by atoms with Crippen molar-refractivity contribution in [1.82, 2.24) is 19.4 Å². The lowest BCUT2D eigenvalue weighted by Crippen LogP contribution is -2.24. The number of likely N-dealkylation sites (tertiary alicyclic amines) is 1. The van der Waals surface area contributed by atoms with Gasteiger partial charge in [0.1, 0.15) is 11.3 Å². The average molecular weight is 314 g/mol. The molecule has 0 N–H and O–H groups in total. The predicted octanol–water partition coefficient (Wildman–Crippen LogP) is 2.35. The predicted molar refractivity (Wildman–Crippen MR) is 90.4 cm³/mol. The second kappa shape index (κ2) is 6.57. The lowest BCUT2D eigenvalue weighted by atomic mass is 10.0. The number of ether oxygens (including phenoxy) is 1. The zero-order valence-electron chi connectivity index (χ0n) is 13.9. The topological polar surface area (TPSA) is 43.2 Å². The highest BCUT2D eigenvalue weighted by Gasteiger charge is 2.24. The number of pyridine rings is 1. The summed E-state index contributed by atoms with van der Waals surface area (Å²) in [5.74, 6) is 2.52. The summed E-state index contributed by atoms with van der Waals surface area (Å²) in [6.07, 6.45) is 6.64. The summed E-state index contributed by atoms with van der Waals surface area (Å²) in [7, 11) is 2.21. The summed E-state index contributed by atoms with van der Waals surface area (Å²) in [4.78, 5) is 11.9. The summed E-state index contributed by atoms with van der Waals surface area (Å²) >= 11 is 0. The largest absolute Gasteiger partial charge is 0.381 e. The molecule has 5 heteroatoms.